The van der Waals surface area contributed by atoms with Gasteiger partial charge in [-0.05, 0) is 6.92 Å². The van der Waals surface area contributed by atoms with E-state index in [0.717, 1.165) is 0 Å². The summed E-state index contributed by atoms with van der Waals surface area (Å²) in [4.78, 5) is 7.36. The molecule has 90 valence electrons. The first-order chi connectivity index (χ1) is 7.03. The minimum Gasteiger partial charge on any atom is -0.368 e. The Bertz CT molecular complexity index is 410. The molecule has 7 heteroatoms. The second-order valence-corrected chi connectivity index (χ2v) is 9.61. The van der Waals surface area contributed by atoms with Crippen LogP contribution in [0.15, 0.2) is 0 Å². The van der Waals surface area contributed by atoms with Crippen molar-refractivity contribution in [3.05, 3.63) is 11.3 Å². The Balaban J connectivity index is 3.58. The maximum atomic E-state index is 12.9. The lowest BCUT2D eigenvalue weighted by molar-refractivity contribution is -0.137. The summed E-state index contributed by atoms with van der Waals surface area (Å²) in [5.74, 6) is -0.0945. The smallest absolute Gasteiger partial charge is 0.368 e. The molecule has 0 saturated carbocycles. The second-order valence-electron chi connectivity index (χ2n) is 4.64. The molecule has 1 rings (SSSR count). The van der Waals surface area contributed by atoms with Crippen LogP contribution in [-0.2, 0) is 6.18 Å². The van der Waals surface area contributed by atoms with Crippen LogP contribution < -0.4 is 11.1 Å². The highest BCUT2D eigenvalue weighted by molar-refractivity contribution is 6.88. The Morgan fingerprint density at radius 1 is 1.12 bits per heavy atom. The summed E-state index contributed by atoms with van der Waals surface area (Å²) >= 11 is 0. The Hall–Kier alpha value is -1.11. The van der Waals surface area contributed by atoms with Crippen LogP contribution in [0.1, 0.15) is 11.3 Å². The Labute approximate surface area is 92.9 Å². The summed E-state index contributed by atoms with van der Waals surface area (Å²) in [7, 11) is -2.20. The van der Waals surface area contributed by atoms with E-state index in [9.17, 15) is 13.2 Å². The topological polar surface area (TPSA) is 51.8 Å². The molecule has 0 radical (unpaired) electrons. The zero-order valence-electron chi connectivity index (χ0n) is 9.61. The zero-order chi connectivity index (χ0) is 12.7. The first-order valence-electron chi connectivity index (χ1n) is 4.75. The van der Waals surface area contributed by atoms with Crippen molar-refractivity contribution in [2.75, 3.05) is 5.73 Å². The molecule has 0 bridgehead atoms. The number of hydrogen-bond donors (Lipinski definition) is 1. The largest absolute Gasteiger partial charge is 0.419 e. The van der Waals surface area contributed by atoms with E-state index in [0.29, 0.717) is 0 Å². The number of nitrogen functional groups attached to an aromatic ring is 1. The van der Waals surface area contributed by atoms with Crippen molar-refractivity contribution in [2.24, 2.45) is 0 Å². The van der Waals surface area contributed by atoms with Crippen LogP contribution >= 0.6 is 0 Å². The van der Waals surface area contributed by atoms with Gasteiger partial charge in [0, 0.05) is 5.32 Å². The van der Waals surface area contributed by atoms with Gasteiger partial charge >= 0.3 is 6.18 Å². The standard InChI is InChI=1S/C9H14F3N3Si/c1-5-6(9(10,11)12)7(16(2,3)4)15-8(13)14-5/h1-4H3,(H2,13,14,15). The molecule has 0 aliphatic heterocycles. The number of rotatable bonds is 1. The van der Waals surface area contributed by atoms with Gasteiger partial charge in [-0.25, -0.2) is 9.97 Å². The third-order valence-electron chi connectivity index (χ3n) is 2.10. The third-order valence-corrected chi connectivity index (χ3v) is 3.88. The Morgan fingerprint density at radius 3 is 2.00 bits per heavy atom. The van der Waals surface area contributed by atoms with Crippen molar-refractivity contribution in [2.45, 2.75) is 32.7 Å². The Kier molecular flexibility index (Phi) is 3.01. The molecule has 0 unspecified atom stereocenters. The molecule has 0 fully saturated rings. The SMILES string of the molecule is Cc1nc(N)nc([Si](C)(C)C)c1C(F)(F)F. The molecule has 0 aliphatic carbocycles. The molecule has 0 spiro atoms. The fourth-order valence-corrected chi connectivity index (χ4v) is 3.00. The lowest BCUT2D eigenvalue weighted by Gasteiger charge is -2.22. The van der Waals surface area contributed by atoms with Crippen molar-refractivity contribution < 1.29 is 13.2 Å². The molecule has 0 aliphatic rings. The zero-order valence-corrected chi connectivity index (χ0v) is 10.6. The molecule has 0 amide bonds. The average molecular weight is 249 g/mol. The maximum absolute atomic E-state index is 12.9. The van der Waals surface area contributed by atoms with E-state index in [-0.39, 0.29) is 17.0 Å². The van der Waals surface area contributed by atoms with Crippen LogP contribution in [-0.4, -0.2) is 18.0 Å². The molecule has 0 saturated heterocycles. The quantitative estimate of drug-likeness (QED) is 0.774. The van der Waals surface area contributed by atoms with Crippen LogP contribution in [0.25, 0.3) is 0 Å². The van der Waals surface area contributed by atoms with Gasteiger partial charge in [-0.3, -0.25) is 0 Å². The van der Waals surface area contributed by atoms with Crippen molar-refractivity contribution in [1.82, 2.24) is 9.97 Å². The Morgan fingerprint density at radius 2 is 1.62 bits per heavy atom. The number of aryl methyl sites for hydroxylation is 1. The summed E-state index contributed by atoms with van der Waals surface area (Å²) in [6.07, 6.45) is -4.42. The van der Waals surface area contributed by atoms with Gasteiger partial charge in [-0.2, -0.15) is 13.2 Å². The van der Waals surface area contributed by atoms with Crippen LogP contribution in [0, 0.1) is 6.92 Å². The average Bonchev–Trinajstić information content (AvgIpc) is 1.97. The fourth-order valence-electron chi connectivity index (χ4n) is 1.48. The van der Waals surface area contributed by atoms with E-state index in [2.05, 4.69) is 9.97 Å². The van der Waals surface area contributed by atoms with Crippen molar-refractivity contribution >= 4 is 19.3 Å². The van der Waals surface area contributed by atoms with E-state index >= 15 is 0 Å². The molecular formula is C9H14F3N3Si. The first kappa shape index (κ1) is 13.0. The molecule has 1 aromatic rings. The molecular weight excluding hydrogens is 235 g/mol. The summed E-state index contributed by atoms with van der Waals surface area (Å²) in [5.41, 5.74) is 4.58. The van der Waals surface area contributed by atoms with Gasteiger partial charge in [0.25, 0.3) is 0 Å². The summed E-state index contributed by atoms with van der Waals surface area (Å²) in [6.45, 7) is 6.70. The van der Waals surface area contributed by atoms with Gasteiger partial charge in [0.1, 0.15) is 8.07 Å². The lowest BCUT2D eigenvalue weighted by atomic mass is 10.2. The van der Waals surface area contributed by atoms with Crippen LogP contribution in [0.4, 0.5) is 19.1 Å². The highest BCUT2D eigenvalue weighted by atomic mass is 28.3. The van der Waals surface area contributed by atoms with E-state index in [4.69, 9.17) is 5.73 Å². The highest BCUT2D eigenvalue weighted by Crippen LogP contribution is 2.30. The number of alkyl halides is 3. The summed E-state index contributed by atoms with van der Waals surface area (Å²) < 4.78 is 38.6. The van der Waals surface area contributed by atoms with Gasteiger partial charge < -0.3 is 5.73 Å². The van der Waals surface area contributed by atoms with Gasteiger partial charge in [0.15, 0.2) is 0 Å². The molecule has 16 heavy (non-hydrogen) atoms. The highest BCUT2D eigenvalue weighted by Gasteiger charge is 2.40. The summed E-state index contributed by atoms with van der Waals surface area (Å²) in [6, 6.07) is 0. The number of hydrogen-bond acceptors (Lipinski definition) is 3. The molecule has 2 N–H and O–H groups in total. The summed E-state index contributed by atoms with van der Waals surface area (Å²) in [5, 5.41) is 0.0741. The van der Waals surface area contributed by atoms with Gasteiger partial charge in [0.05, 0.1) is 11.3 Å². The van der Waals surface area contributed by atoms with Crippen molar-refractivity contribution in [1.29, 1.82) is 0 Å². The monoisotopic (exact) mass is 249 g/mol. The maximum Gasteiger partial charge on any atom is 0.419 e. The van der Waals surface area contributed by atoms with E-state index in [1.807, 2.05) is 0 Å². The van der Waals surface area contributed by atoms with Crippen LogP contribution in [0.3, 0.4) is 0 Å². The molecule has 0 aromatic carbocycles. The molecule has 1 aromatic heterocycles. The minimum absolute atomic E-state index is 0.0741. The van der Waals surface area contributed by atoms with Crippen LogP contribution in [0.5, 0.6) is 0 Å². The number of nitrogens with zero attached hydrogens (tertiary/aromatic N) is 2. The number of anilines is 1. The second kappa shape index (κ2) is 3.72. The third kappa shape index (κ3) is 2.52. The number of halogens is 3. The predicted octanol–water partition coefficient (Wildman–Crippen LogP) is 1.93. The molecule has 3 nitrogen and oxygen atoms in total. The van der Waals surface area contributed by atoms with Crippen molar-refractivity contribution in [3.63, 3.8) is 0 Å². The minimum atomic E-state index is -4.42. The molecule has 0 atom stereocenters. The van der Waals surface area contributed by atoms with E-state index in [1.165, 1.54) is 6.92 Å². The fraction of sp³-hybridized carbons (Fsp3) is 0.556. The van der Waals surface area contributed by atoms with E-state index < -0.39 is 19.8 Å². The van der Waals surface area contributed by atoms with Gasteiger partial charge in [-0.1, -0.05) is 19.6 Å². The predicted molar refractivity (Wildman–Crippen MR) is 59.2 cm³/mol. The first-order valence-corrected chi connectivity index (χ1v) is 8.25. The van der Waals surface area contributed by atoms with Crippen molar-refractivity contribution in [3.8, 4) is 0 Å². The normalized spacial score (nSPS) is 12.9. The number of aromatic nitrogens is 2. The van der Waals surface area contributed by atoms with Gasteiger partial charge in [-0.15, -0.1) is 0 Å². The van der Waals surface area contributed by atoms with E-state index in [1.54, 1.807) is 19.6 Å². The number of nitrogens with two attached hydrogens (primary N) is 1. The lowest BCUT2D eigenvalue weighted by Crippen LogP contribution is -2.45. The van der Waals surface area contributed by atoms with Gasteiger partial charge in [0.2, 0.25) is 5.95 Å². The van der Waals surface area contributed by atoms with Crippen LogP contribution in [0.2, 0.25) is 19.6 Å². The molecule has 1 heterocycles.